The first-order chi connectivity index (χ1) is 12.4. The molecule has 0 aliphatic carbocycles. The van der Waals surface area contributed by atoms with Gasteiger partial charge in [0.25, 0.3) is 0 Å². The molecule has 1 spiro atoms. The van der Waals surface area contributed by atoms with E-state index in [1.54, 1.807) is 21.1 Å². The zero-order valence-corrected chi connectivity index (χ0v) is 16.6. The van der Waals surface area contributed by atoms with Gasteiger partial charge in [-0.3, -0.25) is 14.4 Å². The minimum Gasteiger partial charge on any atom is -0.340 e. The van der Waals surface area contributed by atoms with Gasteiger partial charge in [0.15, 0.2) is 0 Å². The largest absolute Gasteiger partial charge is 0.340 e. The van der Waals surface area contributed by atoms with Gasteiger partial charge >= 0.3 is 0 Å². The van der Waals surface area contributed by atoms with Crippen molar-refractivity contribution in [3.63, 3.8) is 0 Å². The molecule has 2 saturated heterocycles. The highest BCUT2D eigenvalue weighted by atomic mass is 32.1. The van der Waals surface area contributed by atoms with E-state index < -0.39 is 5.54 Å². The number of likely N-dealkylation sites (tertiary alicyclic amines) is 1. The van der Waals surface area contributed by atoms with Crippen molar-refractivity contribution >= 4 is 34.7 Å². The zero-order chi connectivity index (χ0) is 18.9. The highest BCUT2D eigenvalue weighted by Gasteiger charge is 2.51. The first kappa shape index (κ1) is 18.9. The van der Waals surface area contributed by atoms with Gasteiger partial charge in [0.2, 0.25) is 17.7 Å². The van der Waals surface area contributed by atoms with E-state index in [9.17, 15) is 14.4 Å². The minimum atomic E-state index is -0.483. The summed E-state index contributed by atoms with van der Waals surface area (Å²) in [6.45, 7) is 7.28. The lowest BCUT2D eigenvalue weighted by Gasteiger charge is -2.48. The van der Waals surface area contributed by atoms with Gasteiger partial charge < -0.3 is 14.7 Å². The Kier molecular flexibility index (Phi) is 5.37. The summed E-state index contributed by atoms with van der Waals surface area (Å²) in [6, 6.07) is 1.93. The predicted octanol–water partition coefficient (Wildman–Crippen LogP) is 2.35. The number of piperazine rings is 1. The first-order valence-corrected chi connectivity index (χ1v) is 10.3. The van der Waals surface area contributed by atoms with Crippen molar-refractivity contribution in [2.45, 2.75) is 45.6 Å². The molecular weight excluding hydrogens is 350 g/mol. The molecule has 142 valence electrons. The quantitative estimate of drug-likeness (QED) is 0.809. The molecule has 2 aliphatic heterocycles. The molecule has 1 aromatic rings. The van der Waals surface area contributed by atoms with Crippen LogP contribution in [-0.2, 0) is 14.4 Å². The summed E-state index contributed by atoms with van der Waals surface area (Å²) in [5, 5.41) is 3.90. The van der Waals surface area contributed by atoms with E-state index in [0.29, 0.717) is 26.1 Å². The van der Waals surface area contributed by atoms with Crippen LogP contribution in [0, 0.1) is 5.92 Å². The third kappa shape index (κ3) is 3.24. The molecule has 0 N–H and O–H groups in total. The number of thiophene rings is 1. The molecule has 0 unspecified atom stereocenters. The molecule has 26 heavy (non-hydrogen) atoms. The molecule has 1 atom stereocenters. The molecule has 1 aromatic heterocycles. The first-order valence-electron chi connectivity index (χ1n) is 9.31. The Bertz CT molecular complexity index is 686. The smallest absolute Gasteiger partial charge is 0.246 e. The summed E-state index contributed by atoms with van der Waals surface area (Å²) in [5.74, 6) is 0.0534. The summed E-state index contributed by atoms with van der Waals surface area (Å²) in [6.07, 6.45) is 2.37. The Labute approximate surface area is 158 Å². The molecule has 2 aliphatic rings. The molecule has 3 heterocycles. The number of hydrogen-bond acceptors (Lipinski definition) is 4. The molecule has 0 bridgehead atoms. The van der Waals surface area contributed by atoms with Crippen molar-refractivity contribution in [2.24, 2.45) is 5.92 Å². The Morgan fingerprint density at radius 1 is 1.27 bits per heavy atom. The average molecular weight is 378 g/mol. The van der Waals surface area contributed by atoms with Crippen molar-refractivity contribution in [3.8, 4) is 0 Å². The van der Waals surface area contributed by atoms with Crippen LogP contribution in [0.3, 0.4) is 0 Å². The van der Waals surface area contributed by atoms with Crippen molar-refractivity contribution in [1.29, 1.82) is 0 Å². The van der Waals surface area contributed by atoms with Gasteiger partial charge in [0.1, 0.15) is 6.54 Å². The van der Waals surface area contributed by atoms with Gasteiger partial charge in [0, 0.05) is 31.3 Å². The molecule has 0 aromatic carbocycles. The molecule has 7 heteroatoms. The number of carbonyl (C=O) groups is 3. The summed E-state index contributed by atoms with van der Waals surface area (Å²) in [7, 11) is 0. The fraction of sp³-hybridized carbons (Fsp3) is 0.632. The van der Waals surface area contributed by atoms with Crippen molar-refractivity contribution in [2.75, 3.05) is 31.1 Å². The normalized spacial score (nSPS) is 23.4. The van der Waals surface area contributed by atoms with Gasteiger partial charge in [-0.1, -0.05) is 13.8 Å². The third-order valence-electron chi connectivity index (χ3n) is 5.80. The van der Waals surface area contributed by atoms with Crippen LogP contribution in [0.15, 0.2) is 16.8 Å². The van der Waals surface area contributed by atoms with Crippen LogP contribution in [0.25, 0.3) is 0 Å². The second-order valence-corrected chi connectivity index (χ2v) is 8.09. The molecular formula is C19H27N3O3S. The molecule has 3 amide bonds. The number of rotatable bonds is 4. The number of nitrogens with zero attached hydrogens (tertiary/aromatic N) is 3. The number of hydrogen-bond donors (Lipinski definition) is 0. The maximum atomic E-state index is 12.8. The summed E-state index contributed by atoms with van der Waals surface area (Å²) < 4.78 is 0. The van der Waals surface area contributed by atoms with E-state index >= 15 is 0 Å². The predicted molar refractivity (Wildman–Crippen MR) is 102 cm³/mol. The maximum Gasteiger partial charge on any atom is 0.246 e. The van der Waals surface area contributed by atoms with E-state index in [-0.39, 0.29) is 30.2 Å². The maximum absolute atomic E-state index is 12.8. The molecule has 2 fully saturated rings. The fourth-order valence-corrected chi connectivity index (χ4v) is 4.88. The second-order valence-electron chi connectivity index (χ2n) is 7.31. The fourth-order valence-electron chi connectivity index (χ4n) is 4.24. The lowest BCUT2D eigenvalue weighted by atomic mass is 9.91. The van der Waals surface area contributed by atoms with E-state index in [4.69, 9.17) is 0 Å². The van der Waals surface area contributed by atoms with Crippen LogP contribution >= 0.6 is 11.3 Å². The van der Waals surface area contributed by atoms with Gasteiger partial charge in [-0.05, 0) is 30.7 Å². The Morgan fingerprint density at radius 3 is 2.58 bits per heavy atom. The summed E-state index contributed by atoms with van der Waals surface area (Å²) in [4.78, 5) is 43.1. The molecule has 0 radical (unpaired) electrons. The SMILES string of the molecule is CCC(CC)C(=O)N1CC[C@]2(C1)CN(c1ccsc1)C(=O)CN2C(C)=O. The lowest BCUT2D eigenvalue weighted by molar-refractivity contribution is -0.144. The molecule has 3 rings (SSSR count). The third-order valence-corrected chi connectivity index (χ3v) is 6.47. The van der Waals surface area contributed by atoms with E-state index in [2.05, 4.69) is 0 Å². The van der Waals surface area contributed by atoms with Crippen molar-refractivity contribution in [1.82, 2.24) is 9.80 Å². The average Bonchev–Trinajstić information content (AvgIpc) is 3.28. The van der Waals surface area contributed by atoms with Crippen LogP contribution in [-0.4, -0.2) is 59.2 Å². The van der Waals surface area contributed by atoms with Crippen LogP contribution in [0.4, 0.5) is 5.69 Å². The molecule has 0 saturated carbocycles. The number of amides is 3. The van der Waals surface area contributed by atoms with Crippen molar-refractivity contribution in [3.05, 3.63) is 16.8 Å². The van der Waals surface area contributed by atoms with Crippen LogP contribution < -0.4 is 4.90 Å². The topological polar surface area (TPSA) is 60.9 Å². The van der Waals surface area contributed by atoms with Gasteiger partial charge in [-0.15, -0.1) is 0 Å². The van der Waals surface area contributed by atoms with Gasteiger partial charge in [-0.25, -0.2) is 0 Å². The van der Waals surface area contributed by atoms with Crippen LogP contribution in [0.5, 0.6) is 0 Å². The monoisotopic (exact) mass is 377 g/mol. The van der Waals surface area contributed by atoms with E-state index in [0.717, 1.165) is 18.5 Å². The van der Waals surface area contributed by atoms with E-state index in [1.807, 2.05) is 35.6 Å². The second kappa shape index (κ2) is 7.39. The zero-order valence-electron chi connectivity index (χ0n) is 15.7. The Balaban J connectivity index is 1.86. The van der Waals surface area contributed by atoms with Crippen molar-refractivity contribution < 1.29 is 14.4 Å². The van der Waals surface area contributed by atoms with Crippen LogP contribution in [0.2, 0.25) is 0 Å². The standard InChI is InChI=1S/C19H27N3O3S/c1-4-15(5-2)18(25)20-8-7-19(12-20)13-21(16-6-9-26-11-16)17(24)10-22(19)14(3)23/h6,9,11,15H,4-5,7-8,10,12-13H2,1-3H3/t19-/m0/s1. The highest BCUT2D eigenvalue weighted by molar-refractivity contribution is 7.08. The van der Waals surface area contributed by atoms with Crippen LogP contribution in [0.1, 0.15) is 40.0 Å². The highest BCUT2D eigenvalue weighted by Crippen LogP contribution is 2.36. The summed E-state index contributed by atoms with van der Waals surface area (Å²) >= 11 is 1.55. The number of carbonyl (C=O) groups excluding carboxylic acids is 3. The van der Waals surface area contributed by atoms with E-state index in [1.165, 1.54) is 6.92 Å². The Morgan fingerprint density at radius 2 is 2.00 bits per heavy atom. The lowest BCUT2D eigenvalue weighted by Crippen LogP contribution is -2.67. The Hall–Kier alpha value is -1.89. The van der Waals surface area contributed by atoms with Gasteiger partial charge in [0.05, 0.1) is 17.8 Å². The number of anilines is 1. The summed E-state index contributed by atoms with van der Waals surface area (Å²) in [5.41, 5.74) is 0.399. The minimum absolute atomic E-state index is 0.0362. The van der Waals surface area contributed by atoms with Gasteiger partial charge in [-0.2, -0.15) is 11.3 Å². The molecule has 6 nitrogen and oxygen atoms in total.